The summed E-state index contributed by atoms with van der Waals surface area (Å²) < 4.78 is 8.19. The number of carbonyl (C=O) groups is 1. The van der Waals surface area contributed by atoms with Crippen molar-refractivity contribution in [2.24, 2.45) is 5.92 Å². The van der Waals surface area contributed by atoms with E-state index in [0.29, 0.717) is 31.1 Å². The Morgan fingerprint density at radius 3 is 3.04 bits per heavy atom. The molecule has 0 radical (unpaired) electrons. The highest BCUT2D eigenvalue weighted by atomic mass is 16.5. The lowest BCUT2D eigenvalue weighted by molar-refractivity contribution is -0.123. The lowest BCUT2D eigenvalue weighted by atomic mass is 9.60. The number of ether oxygens (including phenoxy) is 1. The van der Waals surface area contributed by atoms with Gasteiger partial charge in [-0.2, -0.15) is 5.10 Å². The average molecular weight is 375 g/mol. The number of hydrogen-bond acceptors (Lipinski definition) is 4. The normalized spacial score (nSPS) is 24.4. The van der Waals surface area contributed by atoms with Crippen LogP contribution < -0.4 is 4.74 Å². The Bertz CT molecular complexity index is 1070. The first kappa shape index (κ1) is 17.4. The van der Waals surface area contributed by atoms with Gasteiger partial charge in [-0.05, 0) is 50.3 Å². The van der Waals surface area contributed by atoms with E-state index in [1.165, 1.54) is 5.56 Å². The Hall–Kier alpha value is -2.69. The van der Waals surface area contributed by atoms with Gasteiger partial charge in [0, 0.05) is 47.2 Å². The van der Waals surface area contributed by atoms with Crippen molar-refractivity contribution in [3.63, 3.8) is 0 Å². The number of benzene rings is 1. The molecule has 5 rings (SSSR count). The van der Waals surface area contributed by atoms with Gasteiger partial charge in [0.25, 0.3) is 0 Å². The summed E-state index contributed by atoms with van der Waals surface area (Å²) >= 11 is 0. The lowest BCUT2D eigenvalue weighted by Crippen LogP contribution is -2.40. The molecule has 2 aromatic heterocycles. The Labute approximate surface area is 164 Å². The van der Waals surface area contributed by atoms with Crippen molar-refractivity contribution < 1.29 is 9.53 Å². The van der Waals surface area contributed by atoms with Gasteiger partial charge < -0.3 is 4.74 Å². The van der Waals surface area contributed by atoms with Crippen LogP contribution in [-0.2, 0) is 10.2 Å². The van der Waals surface area contributed by atoms with E-state index >= 15 is 0 Å². The van der Waals surface area contributed by atoms with Gasteiger partial charge in [0.1, 0.15) is 11.5 Å². The minimum atomic E-state index is 0.0310. The summed E-state index contributed by atoms with van der Waals surface area (Å²) in [5, 5.41) is 5.76. The number of hydrogen-bond donors (Lipinski definition) is 0. The van der Waals surface area contributed by atoms with Crippen molar-refractivity contribution in [2.75, 3.05) is 6.61 Å². The number of nitrogens with zero attached hydrogens (tertiary/aromatic N) is 3. The van der Waals surface area contributed by atoms with Gasteiger partial charge in [0.05, 0.1) is 24.0 Å². The van der Waals surface area contributed by atoms with Crippen LogP contribution in [0.25, 0.3) is 16.6 Å². The number of Topliss-reactive ketones (excluding diaryl/α,β-unsaturated/α-hetero) is 1. The van der Waals surface area contributed by atoms with E-state index in [1.54, 1.807) is 0 Å². The average Bonchev–Trinajstić information content (AvgIpc) is 3.04. The van der Waals surface area contributed by atoms with E-state index in [2.05, 4.69) is 29.1 Å². The molecule has 28 heavy (non-hydrogen) atoms. The van der Waals surface area contributed by atoms with Gasteiger partial charge in [-0.3, -0.25) is 9.78 Å². The quantitative estimate of drug-likeness (QED) is 0.660. The molecule has 1 aromatic carbocycles. The minimum Gasteiger partial charge on any atom is -0.493 e. The fourth-order valence-electron chi connectivity index (χ4n) is 5.27. The number of ketones is 1. The largest absolute Gasteiger partial charge is 0.493 e. The first-order valence-electron chi connectivity index (χ1n) is 10.2. The van der Waals surface area contributed by atoms with E-state index in [4.69, 9.17) is 4.74 Å². The van der Waals surface area contributed by atoms with Gasteiger partial charge in [0.2, 0.25) is 0 Å². The number of aromatic nitrogens is 3. The molecule has 0 N–H and O–H groups in total. The number of fused-ring (bicyclic) bond motifs is 4. The highest BCUT2D eigenvalue weighted by Gasteiger charge is 2.46. The van der Waals surface area contributed by atoms with Crippen LogP contribution in [0, 0.1) is 12.8 Å². The molecule has 2 atom stereocenters. The molecule has 1 saturated carbocycles. The van der Waals surface area contributed by atoms with Crippen LogP contribution in [0.4, 0.5) is 0 Å². The van der Waals surface area contributed by atoms with Crippen molar-refractivity contribution in [1.82, 2.24) is 14.8 Å². The second-order valence-electron chi connectivity index (χ2n) is 8.21. The van der Waals surface area contributed by atoms with E-state index in [9.17, 15) is 4.79 Å². The lowest BCUT2D eigenvalue weighted by Gasteiger charge is -2.42. The minimum absolute atomic E-state index is 0.0310. The van der Waals surface area contributed by atoms with E-state index in [1.807, 2.05) is 36.1 Å². The first-order chi connectivity index (χ1) is 13.6. The smallest absolute Gasteiger partial charge is 0.133 e. The maximum Gasteiger partial charge on any atom is 0.133 e. The SMILES string of the molecule is CCC12CCC(=O)CC1CCOc1cc3c(cnn3-c3ccnc(C)c3)cc12. The molecular formula is C23H25N3O2. The molecule has 1 fully saturated rings. The molecule has 5 nitrogen and oxygen atoms in total. The highest BCUT2D eigenvalue weighted by molar-refractivity contribution is 5.84. The molecular weight excluding hydrogens is 350 g/mol. The zero-order chi connectivity index (χ0) is 19.3. The number of pyridine rings is 1. The third kappa shape index (κ3) is 2.56. The fraction of sp³-hybridized carbons (Fsp3) is 0.435. The molecule has 3 aromatic rings. The predicted molar refractivity (Wildman–Crippen MR) is 108 cm³/mol. The van der Waals surface area contributed by atoms with Crippen LogP contribution in [0.2, 0.25) is 0 Å². The van der Waals surface area contributed by atoms with E-state index < -0.39 is 0 Å². The summed E-state index contributed by atoms with van der Waals surface area (Å²) in [6.45, 7) is 4.91. The zero-order valence-electron chi connectivity index (χ0n) is 16.4. The fourth-order valence-corrected chi connectivity index (χ4v) is 5.27. The monoisotopic (exact) mass is 375 g/mol. The second kappa shape index (κ2) is 6.43. The Morgan fingerprint density at radius 2 is 2.21 bits per heavy atom. The van der Waals surface area contributed by atoms with Crippen molar-refractivity contribution >= 4 is 16.7 Å². The van der Waals surface area contributed by atoms with Crippen LogP contribution >= 0.6 is 0 Å². The van der Waals surface area contributed by atoms with Crippen LogP contribution in [-0.4, -0.2) is 27.2 Å². The molecule has 1 aliphatic heterocycles. The third-order valence-electron chi connectivity index (χ3n) is 6.79. The summed E-state index contributed by atoms with van der Waals surface area (Å²) in [7, 11) is 0. The van der Waals surface area contributed by atoms with Crippen molar-refractivity contribution in [3.8, 4) is 11.4 Å². The molecule has 3 heterocycles. The molecule has 0 bridgehead atoms. The summed E-state index contributed by atoms with van der Waals surface area (Å²) in [6.07, 6.45) is 8.01. The van der Waals surface area contributed by atoms with Crippen molar-refractivity contribution in [3.05, 3.63) is 47.9 Å². The Kier molecular flexibility index (Phi) is 4.00. The maximum absolute atomic E-state index is 12.1. The number of rotatable bonds is 2. The predicted octanol–water partition coefficient (Wildman–Crippen LogP) is 4.53. The summed E-state index contributed by atoms with van der Waals surface area (Å²) in [5.41, 5.74) is 4.31. The second-order valence-corrected chi connectivity index (χ2v) is 8.21. The van der Waals surface area contributed by atoms with E-state index in [-0.39, 0.29) is 5.41 Å². The summed E-state index contributed by atoms with van der Waals surface area (Å²) in [6, 6.07) is 8.42. The molecule has 144 valence electrons. The summed E-state index contributed by atoms with van der Waals surface area (Å²) in [5.74, 6) is 1.73. The van der Waals surface area contributed by atoms with Crippen LogP contribution in [0.5, 0.6) is 5.75 Å². The number of aryl methyl sites for hydroxylation is 1. The highest BCUT2D eigenvalue weighted by Crippen LogP contribution is 2.52. The third-order valence-corrected chi connectivity index (χ3v) is 6.79. The topological polar surface area (TPSA) is 57.0 Å². The zero-order valence-corrected chi connectivity index (χ0v) is 16.4. The van der Waals surface area contributed by atoms with Crippen LogP contribution in [0.1, 0.15) is 50.3 Å². The molecule has 0 saturated heterocycles. The van der Waals surface area contributed by atoms with E-state index in [0.717, 1.165) is 47.3 Å². The number of carbonyl (C=O) groups excluding carboxylic acids is 1. The van der Waals surface area contributed by atoms with Crippen molar-refractivity contribution in [1.29, 1.82) is 0 Å². The van der Waals surface area contributed by atoms with Gasteiger partial charge >= 0.3 is 0 Å². The summed E-state index contributed by atoms with van der Waals surface area (Å²) in [4.78, 5) is 16.4. The molecule has 2 aliphatic rings. The Morgan fingerprint density at radius 1 is 1.32 bits per heavy atom. The van der Waals surface area contributed by atoms with Crippen LogP contribution in [0.3, 0.4) is 0 Å². The van der Waals surface area contributed by atoms with Gasteiger partial charge in [-0.1, -0.05) is 6.92 Å². The standard InChI is InChI=1S/C23H25N3O2/c1-3-23-7-4-19(27)12-17(23)6-9-28-22-13-21-16(11-20(22)23)14-25-26(21)18-5-8-24-15(2)10-18/h5,8,10-11,13-14,17H,3-4,6-7,9,12H2,1-2H3. The first-order valence-corrected chi connectivity index (χ1v) is 10.2. The molecule has 2 unspecified atom stereocenters. The Balaban J connectivity index is 1.69. The molecule has 0 spiro atoms. The van der Waals surface area contributed by atoms with Gasteiger partial charge in [-0.15, -0.1) is 0 Å². The molecule has 0 amide bonds. The van der Waals surface area contributed by atoms with Crippen LogP contribution in [0.15, 0.2) is 36.7 Å². The molecule has 1 aliphatic carbocycles. The van der Waals surface area contributed by atoms with Gasteiger partial charge in [0.15, 0.2) is 0 Å². The van der Waals surface area contributed by atoms with Gasteiger partial charge in [-0.25, -0.2) is 4.68 Å². The molecule has 5 heteroatoms. The van der Waals surface area contributed by atoms with Crippen molar-refractivity contribution in [2.45, 2.75) is 51.4 Å². The maximum atomic E-state index is 12.1.